The predicted molar refractivity (Wildman–Crippen MR) is 173 cm³/mol. The molecule has 5 atom stereocenters. The Bertz CT molecular complexity index is 1230. The summed E-state index contributed by atoms with van der Waals surface area (Å²) < 4.78 is 0. The van der Waals surface area contributed by atoms with Crippen LogP contribution in [-0.4, -0.2) is 84.8 Å². The third-order valence-corrected chi connectivity index (χ3v) is 8.06. The number of benzene rings is 1. The van der Waals surface area contributed by atoms with Crippen molar-refractivity contribution in [1.29, 1.82) is 0 Å². The van der Waals surface area contributed by atoms with Crippen LogP contribution in [0.1, 0.15) is 79.2 Å². The van der Waals surface area contributed by atoms with Crippen LogP contribution in [0, 0.1) is 23.7 Å². The number of carboxylic acid groups (broad SMARTS) is 1. The lowest BCUT2D eigenvalue weighted by atomic mass is 9.85. The Hall–Kier alpha value is -3.47. The number of nitrogens with one attached hydrogen (secondary N) is 3. The number of para-hydroxylation sites is 1. The van der Waals surface area contributed by atoms with Gasteiger partial charge in [0.1, 0.15) is 6.04 Å². The van der Waals surface area contributed by atoms with Gasteiger partial charge in [-0.3, -0.25) is 29.7 Å². The first-order chi connectivity index (χ1) is 21.6. The van der Waals surface area contributed by atoms with Gasteiger partial charge in [-0.15, -0.1) is 0 Å². The molecule has 0 heterocycles. The molecule has 1 unspecified atom stereocenters. The van der Waals surface area contributed by atoms with E-state index < -0.39 is 78.1 Å². The van der Waals surface area contributed by atoms with Crippen LogP contribution < -0.4 is 27.4 Å². The smallest absolute Gasteiger partial charge is 0.303 e. The predicted octanol–water partition coefficient (Wildman–Crippen LogP) is -0.0691. The monoisotopic (exact) mass is 667 g/mol. The van der Waals surface area contributed by atoms with Crippen molar-refractivity contribution in [3.63, 3.8) is 0 Å². The van der Waals surface area contributed by atoms with Gasteiger partial charge in [-0.05, 0) is 48.6 Å². The van der Waals surface area contributed by atoms with Gasteiger partial charge >= 0.3 is 5.97 Å². The molecule has 0 saturated heterocycles. The maximum absolute atomic E-state index is 13.8. The van der Waals surface area contributed by atoms with Gasteiger partial charge in [0.25, 0.3) is 5.91 Å². The molecular weight excluding hydrogens is 614 g/mol. The number of aliphatic hydroxyl groups is 4. The Labute approximate surface area is 275 Å². The summed E-state index contributed by atoms with van der Waals surface area (Å²) in [6.07, 6.45) is -1.26. The van der Waals surface area contributed by atoms with E-state index in [0.717, 1.165) is 0 Å². The number of aliphatic carboxylic acids is 1. The van der Waals surface area contributed by atoms with Crippen LogP contribution in [-0.2, 0) is 30.4 Å². The zero-order valence-electron chi connectivity index (χ0n) is 28.0. The van der Waals surface area contributed by atoms with Crippen LogP contribution >= 0.6 is 0 Å². The van der Waals surface area contributed by atoms with Crippen molar-refractivity contribution in [1.82, 2.24) is 10.6 Å². The second-order valence-electron chi connectivity index (χ2n) is 12.9. The Morgan fingerprint density at radius 2 is 1.51 bits per heavy atom. The number of aryl methyl sites for hydroxylation is 1. The first kappa shape index (κ1) is 41.6. The van der Waals surface area contributed by atoms with E-state index in [2.05, 4.69) is 16.0 Å². The van der Waals surface area contributed by atoms with Crippen LogP contribution in [0.25, 0.3) is 0 Å². The van der Waals surface area contributed by atoms with Gasteiger partial charge in [0.05, 0.1) is 18.0 Å². The highest BCUT2D eigenvalue weighted by atomic mass is 16.5. The molecule has 12 N–H and O–H groups in total. The van der Waals surface area contributed by atoms with Crippen LogP contribution in [0.5, 0.6) is 0 Å². The number of carbonyl (C=O) groups excluding carboxylic acids is 4. The summed E-state index contributed by atoms with van der Waals surface area (Å²) in [6, 6.07) is 2.86. The van der Waals surface area contributed by atoms with Crippen molar-refractivity contribution in [2.45, 2.75) is 110 Å². The molecule has 1 aromatic rings. The van der Waals surface area contributed by atoms with E-state index in [0.29, 0.717) is 12.0 Å². The van der Waals surface area contributed by atoms with Crippen molar-refractivity contribution in [2.75, 3.05) is 5.32 Å². The fourth-order valence-corrected chi connectivity index (χ4v) is 4.82. The van der Waals surface area contributed by atoms with Gasteiger partial charge in [-0.2, -0.15) is 0 Å². The summed E-state index contributed by atoms with van der Waals surface area (Å²) in [4.78, 5) is 63.8. The summed E-state index contributed by atoms with van der Waals surface area (Å²) in [5, 5.41) is 58.5. The van der Waals surface area contributed by atoms with Crippen LogP contribution in [0.2, 0.25) is 0 Å². The number of ketones is 1. The number of Topliss-reactive ketones (excluding diaryl/α,β-unsaturated/α-hetero) is 1. The Balaban J connectivity index is 3.22. The molecule has 0 aromatic heterocycles. The SMILES string of the molecule is CC[C@H](C)[C@H](NC(=O)[C@@H](N)C(C)C)C(=O)N[C@@H](CC(C)C)C(=O)C(CCC(O)(O)C(=O)Nc1ccccc1CCC(=O)O)C(N)(O)O. The molecule has 266 valence electrons. The van der Waals surface area contributed by atoms with Crippen molar-refractivity contribution in [3.8, 4) is 0 Å². The number of anilines is 1. The van der Waals surface area contributed by atoms with Crippen molar-refractivity contribution < 1.29 is 49.5 Å². The standard InChI is InChI=1S/C32H53N5O10/c1-7-19(6)26(37-28(41)25(33)18(4)5)29(42)35-23(16-17(2)3)27(40)21(32(34,46)47)14-15-31(44,45)30(43)36-22-11-9-8-10-20(22)12-13-24(38)39/h8-11,17-19,21,23,25-26,44-47H,7,12-16,33-34H2,1-6H3,(H,35,42)(H,36,43)(H,37,41)(H,38,39)/t19-,21?,23-,25-,26-/m0/s1. The molecule has 0 aliphatic heterocycles. The first-order valence-electron chi connectivity index (χ1n) is 15.8. The van der Waals surface area contributed by atoms with E-state index in [1.807, 2.05) is 6.92 Å². The highest BCUT2D eigenvalue weighted by Gasteiger charge is 2.44. The maximum Gasteiger partial charge on any atom is 0.303 e. The second kappa shape index (κ2) is 18.2. The lowest BCUT2D eigenvalue weighted by Crippen LogP contribution is -2.60. The van der Waals surface area contributed by atoms with E-state index in [9.17, 15) is 44.4 Å². The van der Waals surface area contributed by atoms with Crippen LogP contribution in [0.3, 0.4) is 0 Å². The third-order valence-electron chi connectivity index (χ3n) is 8.06. The molecule has 0 bridgehead atoms. The minimum atomic E-state index is -3.18. The molecule has 15 heteroatoms. The molecule has 0 saturated carbocycles. The molecule has 0 aliphatic rings. The second-order valence-corrected chi connectivity index (χ2v) is 12.9. The Morgan fingerprint density at radius 3 is 2.02 bits per heavy atom. The largest absolute Gasteiger partial charge is 0.481 e. The molecule has 0 radical (unpaired) electrons. The number of carbonyl (C=O) groups is 5. The number of nitrogens with two attached hydrogens (primary N) is 2. The Kier molecular flexibility index (Phi) is 16.1. The van der Waals surface area contributed by atoms with Gasteiger partial charge in [0.15, 0.2) is 5.78 Å². The molecule has 3 amide bonds. The van der Waals surface area contributed by atoms with Crippen molar-refractivity contribution in [3.05, 3.63) is 29.8 Å². The summed E-state index contributed by atoms with van der Waals surface area (Å²) >= 11 is 0. The first-order valence-corrected chi connectivity index (χ1v) is 15.8. The third kappa shape index (κ3) is 13.3. The lowest BCUT2D eigenvalue weighted by Gasteiger charge is -2.33. The fraction of sp³-hybridized carbons (Fsp3) is 0.656. The number of carboxylic acids is 1. The zero-order valence-corrected chi connectivity index (χ0v) is 28.0. The van der Waals surface area contributed by atoms with E-state index in [4.69, 9.17) is 16.6 Å². The minimum absolute atomic E-state index is 0.0286. The highest BCUT2D eigenvalue weighted by molar-refractivity contribution is 5.97. The quantitative estimate of drug-likeness (QED) is 0.0819. The Morgan fingerprint density at radius 1 is 0.915 bits per heavy atom. The fourth-order valence-electron chi connectivity index (χ4n) is 4.82. The molecule has 0 spiro atoms. The zero-order chi connectivity index (χ0) is 36.3. The summed E-state index contributed by atoms with van der Waals surface area (Å²) in [7, 11) is 0. The molecule has 0 aliphatic carbocycles. The van der Waals surface area contributed by atoms with E-state index >= 15 is 0 Å². The van der Waals surface area contributed by atoms with Crippen molar-refractivity contribution >= 4 is 35.2 Å². The molecule has 0 fully saturated rings. The van der Waals surface area contributed by atoms with Gasteiger partial charge in [-0.1, -0.05) is 66.2 Å². The number of amides is 3. The molecule has 47 heavy (non-hydrogen) atoms. The van der Waals surface area contributed by atoms with Crippen molar-refractivity contribution in [2.24, 2.45) is 35.1 Å². The average molecular weight is 668 g/mol. The molecule has 1 aromatic carbocycles. The van der Waals surface area contributed by atoms with Gasteiger partial charge in [0.2, 0.25) is 23.5 Å². The van der Waals surface area contributed by atoms with E-state index in [-0.39, 0.29) is 42.7 Å². The molecule has 1 rings (SSSR count). The minimum Gasteiger partial charge on any atom is -0.481 e. The lowest BCUT2D eigenvalue weighted by molar-refractivity contribution is -0.209. The maximum atomic E-state index is 13.8. The van der Waals surface area contributed by atoms with Crippen LogP contribution in [0.4, 0.5) is 5.69 Å². The van der Waals surface area contributed by atoms with E-state index in [1.165, 1.54) is 6.07 Å². The highest BCUT2D eigenvalue weighted by Crippen LogP contribution is 2.26. The number of rotatable bonds is 20. The van der Waals surface area contributed by atoms with Gasteiger partial charge < -0.3 is 47.2 Å². The van der Waals surface area contributed by atoms with Gasteiger partial charge in [0, 0.05) is 18.5 Å². The molecule has 15 nitrogen and oxygen atoms in total. The normalized spacial score (nSPS) is 15.4. The number of hydrogen-bond acceptors (Lipinski definition) is 11. The van der Waals surface area contributed by atoms with Gasteiger partial charge in [-0.25, -0.2) is 0 Å². The van der Waals surface area contributed by atoms with E-state index in [1.54, 1.807) is 52.8 Å². The topological polar surface area (TPSA) is 275 Å². The van der Waals surface area contributed by atoms with Crippen LogP contribution in [0.15, 0.2) is 24.3 Å². The number of hydrogen-bond donors (Lipinski definition) is 10. The summed E-state index contributed by atoms with van der Waals surface area (Å²) in [5.74, 6) is -13.6. The average Bonchev–Trinajstić information content (AvgIpc) is 2.96. The summed E-state index contributed by atoms with van der Waals surface area (Å²) in [5.41, 5.74) is 12.1. The summed E-state index contributed by atoms with van der Waals surface area (Å²) in [6.45, 7) is 10.6. The molecular formula is C32H53N5O10.